The number of nitrogens with zero attached hydrogens (tertiary/aromatic N) is 3. The molecule has 1 aromatic carbocycles. The Balaban J connectivity index is 1.59. The van der Waals surface area contributed by atoms with Gasteiger partial charge in [-0.1, -0.05) is 17.7 Å². The lowest BCUT2D eigenvalue weighted by atomic mass is 10.3. The number of pyridine rings is 1. The van der Waals surface area contributed by atoms with E-state index >= 15 is 0 Å². The van der Waals surface area contributed by atoms with E-state index in [2.05, 4.69) is 25.6 Å². The summed E-state index contributed by atoms with van der Waals surface area (Å²) >= 11 is 5.84. The molecule has 0 fully saturated rings. The van der Waals surface area contributed by atoms with Gasteiger partial charge in [0.15, 0.2) is 0 Å². The maximum Gasteiger partial charge on any atom is 0.254 e. The van der Waals surface area contributed by atoms with E-state index in [4.69, 9.17) is 11.6 Å². The lowest BCUT2D eigenvalue weighted by molar-refractivity contribution is 0.0949. The predicted molar refractivity (Wildman–Crippen MR) is 92.2 cm³/mol. The van der Waals surface area contributed by atoms with Crippen molar-refractivity contribution in [3.8, 4) is 0 Å². The van der Waals surface area contributed by atoms with Gasteiger partial charge >= 0.3 is 0 Å². The van der Waals surface area contributed by atoms with Crippen molar-refractivity contribution in [2.45, 2.75) is 6.54 Å². The van der Waals surface area contributed by atoms with Gasteiger partial charge in [0.05, 0.1) is 17.8 Å². The topological polar surface area (TPSA) is 79.8 Å². The molecule has 6 nitrogen and oxygen atoms in total. The van der Waals surface area contributed by atoms with Crippen LogP contribution < -0.4 is 10.6 Å². The molecule has 0 saturated carbocycles. The number of halogens is 1. The smallest absolute Gasteiger partial charge is 0.254 e. The molecule has 24 heavy (non-hydrogen) atoms. The molecule has 0 aliphatic rings. The highest BCUT2D eigenvalue weighted by atomic mass is 35.5. The first-order valence-corrected chi connectivity index (χ1v) is 7.61. The second kappa shape index (κ2) is 7.52. The highest BCUT2D eigenvalue weighted by Crippen LogP contribution is 2.16. The van der Waals surface area contributed by atoms with Crippen LogP contribution in [-0.4, -0.2) is 20.9 Å². The van der Waals surface area contributed by atoms with Crippen LogP contribution in [0.25, 0.3) is 0 Å². The number of amides is 1. The van der Waals surface area contributed by atoms with Crippen LogP contribution in [0.1, 0.15) is 16.1 Å². The van der Waals surface area contributed by atoms with Crippen LogP contribution in [0.3, 0.4) is 0 Å². The molecule has 120 valence electrons. The Bertz CT molecular complexity index is 807. The molecule has 0 saturated heterocycles. The number of benzene rings is 1. The Morgan fingerprint density at radius 1 is 1.00 bits per heavy atom. The van der Waals surface area contributed by atoms with Gasteiger partial charge in [0, 0.05) is 29.3 Å². The molecule has 0 spiro atoms. The number of hydrogen-bond acceptors (Lipinski definition) is 5. The van der Waals surface area contributed by atoms with Crippen LogP contribution in [0, 0.1) is 0 Å². The van der Waals surface area contributed by atoms with Crippen molar-refractivity contribution in [3.05, 3.63) is 77.3 Å². The molecule has 3 aromatic rings. The summed E-state index contributed by atoms with van der Waals surface area (Å²) in [6.45, 7) is 0.352. The predicted octanol–water partition coefficient (Wildman–Crippen LogP) is 3.20. The summed E-state index contributed by atoms with van der Waals surface area (Å²) in [7, 11) is 0. The first-order chi connectivity index (χ1) is 11.7. The number of hydrogen-bond donors (Lipinski definition) is 2. The number of rotatable bonds is 5. The van der Waals surface area contributed by atoms with Crippen molar-refractivity contribution in [1.29, 1.82) is 0 Å². The molecule has 3 rings (SSSR count). The molecule has 0 bridgehead atoms. The van der Waals surface area contributed by atoms with Crippen LogP contribution in [0.15, 0.2) is 61.1 Å². The molecular weight excluding hydrogens is 326 g/mol. The van der Waals surface area contributed by atoms with E-state index < -0.39 is 0 Å². The second-order valence-electron chi connectivity index (χ2n) is 4.93. The number of nitrogens with one attached hydrogen (secondary N) is 2. The first kappa shape index (κ1) is 15.9. The lowest BCUT2D eigenvalue weighted by Crippen LogP contribution is -2.23. The van der Waals surface area contributed by atoms with Crippen LogP contribution in [0.2, 0.25) is 5.02 Å². The highest BCUT2D eigenvalue weighted by Gasteiger charge is 2.07. The molecule has 0 aliphatic carbocycles. The minimum atomic E-state index is -0.251. The maximum absolute atomic E-state index is 12.1. The van der Waals surface area contributed by atoms with Crippen LogP contribution in [0.4, 0.5) is 11.6 Å². The van der Waals surface area contributed by atoms with Gasteiger partial charge in [0.1, 0.15) is 0 Å². The van der Waals surface area contributed by atoms with Gasteiger partial charge in [-0.2, -0.15) is 0 Å². The maximum atomic E-state index is 12.1. The van der Waals surface area contributed by atoms with Gasteiger partial charge in [-0.25, -0.2) is 9.97 Å². The SMILES string of the molecule is O=C(NCc1ccccn1)c1cnc(Nc2ccc(Cl)cc2)nc1. The Labute approximate surface area is 143 Å². The zero-order valence-corrected chi connectivity index (χ0v) is 13.4. The quantitative estimate of drug-likeness (QED) is 0.746. The Hall–Kier alpha value is -2.99. The molecule has 2 N–H and O–H groups in total. The van der Waals surface area contributed by atoms with Crippen molar-refractivity contribution in [1.82, 2.24) is 20.3 Å². The third-order valence-corrected chi connectivity index (χ3v) is 3.42. The number of carbonyl (C=O) groups excluding carboxylic acids is 1. The van der Waals surface area contributed by atoms with Crippen molar-refractivity contribution in [3.63, 3.8) is 0 Å². The highest BCUT2D eigenvalue weighted by molar-refractivity contribution is 6.30. The van der Waals surface area contributed by atoms with Crippen LogP contribution >= 0.6 is 11.6 Å². The van der Waals surface area contributed by atoms with E-state index in [1.165, 1.54) is 12.4 Å². The Morgan fingerprint density at radius 3 is 2.42 bits per heavy atom. The summed E-state index contributed by atoms with van der Waals surface area (Å²) < 4.78 is 0. The van der Waals surface area contributed by atoms with Gasteiger partial charge in [0.25, 0.3) is 5.91 Å². The molecule has 7 heteroatoms. The molecule has 2 aromatic heterocycles. The fraction of sp³-hybridized carbons (Fsp3) is 0.0588. The molecule has 0 unspecified atom stereocenters. The Kier molecular flexibility index (Phi) is 4.98. The minimum Gasteiger partial charge on any atom is -0.346 e. The van der Waals surface area contributed by atoms with E-state index in [9.17, 15) is 4.79 Å². The second-order valence-corrected chi connectivity index (χ2v) is 5.37. The van der Waals surface area contributed by atoms with Gasteiger partial charge in [-0.3, -0.25) is 9.78 Å². The fourth-order valence-corrected chi connectivity index (χ4v) is 2.07. The monoisotopic (exact) mass is 339 g/mol. The fourth-order valence-electron chi connectivity index (χ4n) is 1.95. The number of aromatic nitrogens is 3. The van der Waals surface area contributed by atoms with Crippen LogP contribution in [-0.2, 0) is 6.54 Å². The molecule has 0 atom stereocenters. The average Bonchev–Trinajstić information content (AvgIpc) is 2.63. The molecule has 2 heterocycles. The number of carbonyl (C=O) groups is 1. The average molecular weight is 340 g/mol. The summed E-state index contributed by atoms with van der Waals surface area (Å²) in [4.78, 5) is 24.5. The third kappa shape index (κ3) is 4.27. The molecular formula is C17H14ClN5O. The zero-order chi connectivity index (χ0) is 16.8. The zero-order valence-electron chi connectivity index (χ0n) is 12.6. The first-order valence-electron chi connectivity index (χ1n) is 7.23. The standard InChI is InChI=1S/C17H14ClN5O/c18-13-4-6-14(7-5-13)23-17-21-9-12(10-22-17)16(24)20-11-15-3-1-2-8-19-15/h1-10H,11H2,(H,20,24)(H,21,22,23). The van der Waals surface area contributed by atoms with E-state index in [1.54, 1.807) is 18.3 Å². The molecule has 1 amide bonds. The summed E-state index contributed by atoms with van der Waals surface area (Å²) in [5, 5.41) is 6.46. The van der Waals surface area contributed by atoms with E-state index in [0.717, 1.165) is 11.4 Å². The number of anilines is 2. The summed E-state index contributed by atoms with van der Waals surface area (Å²) in [6.07, 6.45) is 4.62. The van der Waals surface area contributed by atoms with Crippen LogP contribution in [0.5, 0.6) is 0 Å². The van der Waals surface area contributed by atoms with Crippen molar-refractivity contribution >= 4 is 29.1 Å². The largest absolute Gasteiger partial charge is 0.346 e. The van der Waals surface area contributed by atoms with Gasteiger partial charge in [-0.15, -0.1) is 0 Å². The van der Waals surface area contributed by atoms with E-state index in [0.29, 0.717) is 23.1 Å². The van der Waals surface area contributed by atoms with Crippen molar-refractivity contribution in [2.24, 2.45) is 0 Å². The summed E-state index contributed by atoms with van der Waals surface area (Å²) in [5.41, 5.74) is 1.98. The minimum absolute atomic E-state index is 0.251. The molecule has 0 aliphatic heterocycles. The third-order valence-electron chi connectivity index (χ3n) is 3.17. The molecule has 0 radical (unpaired) electrons. The summed E-state index contributed by atoms with van der Waals surface area (Å²) in [5.74, 6) is 0.150. The van der Waals surface area contributed by atoms with Crippen molar-refractivity contribution < 1.29 is 4.79 Å². The van der Waals surface area contributed by atoms with Gasteiger partial charge < -0.3 is 10.6 Å². The normalized spacial score (nSPS) is 10.2. The Morgan fingerprint density at radius 2 is 1.75 bits per heavy atom. The van der Waals surface area contributed by atoms with Gasteiger partial charge in [-0.05, 0) is 36.4 Å². The van der Waals surface area contributed by atoms with E-state index in [-0.39, 0.29) is 5.91 Å². The van der Waals surface area contributed by atoms with E-state index in [1.807, 2.05) is 30.3 Å². The van der Waals surface area contributed by atoms with Crippen molar-refractivity contribution in [2.75, 3.05) is 5.32 Å². The van der Waals surface area contributed by atoms with Gasteiger partial charge in [0.2, 0.25) is 5.95 Å². The lowest BCUT2D eigenvalue weighted by Gasteiger charge is -2.06. The summed E-state index contributed by atoms with van der Waals surface area (Å²) in [6, 6.07) is 12.7.